The van der Waals surface area contributed by atoms with Crippen molar-refractivity contribution < 1.29 is 14.3 Å². The number of carbonyl (C=O) groups excluding carboxylic acids is 2. The van der Waals surface area contributed by atoms with Crippen molar-refractivity contribution in [2.24, 2.45) is 0 Å². The van der Waals surface area contributed by atoms with Crippen molar-refractivity contribution in [3.8, 4) is 5.75 Å². The molecule has 1 unspecified atom stereocenters. The number of methoxy groups -OCH3 is 1. The highest BCUT2D eigenvalue weighted by atomic mass is 16.5. The molecular weight excluding hydrogens is 304 g/mol. The molecule has 0 aromatic heterocycles. The van der Waals surface area contributed by atoms with Crippen molar-refractivity contribution in [1.82, 2.24) is 10.6 Å². The molecule has 1 atom stereocenters. The maximum atomic E-state index is 12.6. The lowest BCUT2D eigenvalue weighted by atomic mass is 9.93. The summed E-state index contributed by atoms with van der Waals surface area (Å²) in [6.45, 7) is 6.35. The van der Waals surface area contributed by atoms with E-state index in [0.29, 0.717) is 13.0 Å². The Morgan fingerprint density at radius 1 is 1.33 bits per heavy atom. The first-order valence-corrected chi connectivity index (χ1v) is 8.65. The van der Waals surface area contributed by atoms with Gasteiger partial charge >= 0.3 is 0 Å². The van der Waals surface area contributed by atoms with Gasteiger partial charge in [-0.15, -0.1) is 0 Å². The van der Waals surface area contributed by atoms with Crippen LogP contribution in [-0.2, 0) is 15.0 Å². The molecule has 1 saturated carbocycles. The minimum atomic E-state index is -0.450. The zero-order chi connectivity index (χ0) is 17.7. The number of aryl methyl sites for hydroxylation is 1. The maximum absolute atomic E-state index is 12.6. The second kappa shape index (κ2) is 7.69. The zero-order valence-electron chi connectivity index (χ0n) is 15.1. The van der Waals surface area contributed by atoms with Crippen LogP contribution in [0.5, 0.6) is 5.75 Å². The van der Waals surface area contributed by atoms with Crippen LogP contribution in [-0.4, -0.2) is 31.5 Å². The maximum Gasteiger partial charge on any atom is 0.230 e. The minimum absolute atomic E-state index is 0.00439. The first kappa shape index (κ1) is 18.3. The molecule has 1 aliphatic rings. The number of benzene rings is 1. The van der Waals surface area contributed by atoms with Crippen LogP contribution in [0.4, 0.5) is 0 Å². The quantitative estimate of drug-likeness (QED) is 0.768. The molecule has 1 aromatic rings. The number of nitrogens with one attached hydrogen (secondary N) is 2. The molecule has 0 radical (unpaired) electrons. The van der Waals surface area contributed by atoms with Crippen LogP contribution in [0.15, 0.2) is 18.2 Å². The molecule has 24 heavy (non-hydrogen) atoms. The van der Waals surface area contributed by atoms with Gasteiger partial charge in [-0.3, -0.25) is 9.59 Å². The Labute approximate surface area is 144 Å². The average molecular weight is 332 g/mol. The lowest BCUT2D eigenvalue weighted by molar-refractivity contribution is -0.124. The smallest absolute Gasteiger partial charge is 0.230 e. The van der Waals surface area contributed by atoms with Crippen molar-refractivity contribution in [1.29, 1.82) is 0 Å². The number of rotatable bonds is 8. The van der Waals surface area contributed by atoms with Gasteiger partial charge in [0.05, 0.1) is 12.5 Å². The molecule has 2 rings (SSSR count). The van der Waals surface area contributed by atoms with E-state index in [1.54, 1.807) is 7.11 Å². The molecule has 1 aromatic carbocycles. The van der Waals surface area contributed by atoms with Gasteiger partial charge in [-0.05, 0) is 50.3 Å². The highest BCUT2D eigenvalue weighted by molar-refractivity contribution is 5.91. The first-order chi connectivity index (χ1) is 11.4. The van der Waals surface area contributed by atoms with E-state index in [4.69, 9.17) is 4.74 Å². The number of amides is 2. The molecular formula is C19H28N2O3. The molecule has 5 heteroatoms. The topological polar surface area (TPSA) is 67.4 Å². The van der Waals surface area contributed by atoms with E-state index in [0.717, 1.165) is 36.1 Å². The van der Waals surface area contributed by atoms with Gasteiger partial charge in [0.15, 0.2) is 0 Å². The molecule has 1 fully saturated rings. The third-order valence-corrected chi connectivity index (χ3v) is 4.80. The van der Waals surface area contributed by atoms with E-state index in [-0.39, 0.29) is 17.9 Å². The Kier molecular flexibility index (Phi) is 5.86. The lowest BCUT2D eigenvalue weighted by Gasteiger charge is -2.18. The fourth-order valence-corrected chi connectivity index (χ4v) is 2.80. The van der Waals surface area contributed by atoms with Crippen molar-refractivity contribution >= 4 is 11.8 Å². The Hall–Kier alpha value is -2.04. The third kappa shape index (κ3) is 4.08. The molecule has 132 valence electrons. The van der Waals surface area contributed by atoms with Gasteiger partial charge in [0, 0.05) is 19.0 Å². The van der Waals surface area contributed by atoms with E-state index in [1.807, 2.05) is 39.0 Å². The highest BCUT2D eigenvalue weighted by Gasteiger charge is 2.51. The summed E-state index contributed by atoms with van der Waals surface area (Å²) in [6.07, 6.45) is 2.88. The van der Waals surface area contributed by atoms with E-state index < -0.39 is 5.41 Å². The normalized spacial score (nSPS) is 16.2. The predicted octanol–water partition coefficient (Wildman–Crippen LogP) is 2.46. The molecule has 0 spiro atoms. The Morgan fingerprint density at radius 3 is 2.62 bits per heavy atom. The number of hydrogen-bond acceptors (Lipinski definition) is 3. The van der Waals surface area contributed by atoms with Crippen LogP contribution in [0.3, 0.4) is 0 Å². The monoisotopic (exact) mass is 332 g/mol. The first-order valence-electron chi connectivity index (χ1n) is 8.65. The van der Waals surface area contributed by atoms with Crippen LogP contribution in [0, 0.1) is 6.92 Å². The van der Waals surface area contributed by atoms with Crippen molar-refractivity contribution in [3.05, 3.63) is 29.3 Å². The van der Waals surface area contributed by atoms with Crippen LogP contribution in [0.25, 0.3) is 0 Å². The molecule has 5 nitrogen and oxygen atoms in total. The number of carbonyl (C=O) groups is 2. The number of hydrogen-bond donors (Lipinski definition) is 2. The Balaban J connectivity index is 1.91. The van der Waals surface area contributed by atoms with Gasteiger partial charge in [-0.2, -0.15) is 0 Å². The Bertz CT molecular complexity index is 609. The molecule has 2 amide bonds. The van der Waals surface area contributed by atoms with E-state index in [1.165, 1.54) is 0 Å². The van der Waals surface area contributed by atoms with Crippen molar-refractivity contribution in [2.75, 3.05) is 13.7 Å². The van der Waals surface area contributed by atoms with Crippen molar-refractivity contribution in [3.63, 3.8) is 0 Å². The summed E-state index contributed by atoms with van der Waals surface area (Å²) < 4.78 is 5.36. The standard InChI is InChI=1S/C19H28N2O3/c1-5-14(3)21-17(22)8-11-20-18(23)19(9-10-19)15-7-6-13(2)16(12-15)24-4/h6-7,12,14H,5,8-11H2,1-4H3,(H,20,23)(H,21,22). The highest BCUT2D eigenvalue weighted by Crippen LogP contribution is 2.49. The SMILES string of the molecule is CCC(C)NC(=O)CCNC(=O)C1(c2ccc(C)c(OC)c2)CC1. The van der Waals surface area contributed by atoms with Crippen LogP contribution < -0.4 is 15.4 Å². The van der Waals surface area contributed by atoms with E-state index in [2.05, 4.69) is 10.6 Å². The third-order valence-electron chi connectivity index (χ3n) is 4.80. The van der Waals surface area contributed by atoms with Crippen LogP contribution in [0.1, 0.15) is 50.7 Å². The Morgan fingerprint density at radius 2 is 2.04 bits per heavy atom. The van der Waals surface area contributed by atoms with E-state index in [9.17, 15) is 9.59 Å². The number of ether oxygens (including phenoxy) is 1. The molecule has 1 aliphatic carbocycles. The summed E-state index contributed by atoms with van der Waals surface area (Å²) in [4.78, 5) is 24.4. The summed E-state index contributed by atoms with van der Waals surface area (Å²) in [5, 5.41) is 5.82. The van der Waals surface area contributed by atoms with Gasteiger partial charge < -0.3 is 15.4 Å². The minimum Gasteiger partial charge on any atom is -0.496 e. The fourth-order valence-electron chi connectivity index (χ4n) is 2.80. The molecule has 2 N–H and O–H groups in total. The van der Waals surface area contributed by atoms with Crippen LogP contribution >= 0.6 is 0 Å². The van der Waals surface area contributed by atoms with Gasteiger partial charge in [-0.1, -0.05) is 19.1 Å². The summed E-state index contributed by atoms with van der Waals surface area (Å²) in [5.74, 6) is 0.788. The molecule has 0 heterocycles. The van der Waals surface area contributed by atoms with Gasteiger partial charge in [0.25, 0.3) is 0 Å². The second-order valence-corrected chi connectivity index (χ2v) is 6.65. The summed E-state index contributed by atoms with van der Waals surface area (Å²) >= 11 is 0. The summed E-state index contributed by atoms with van der Waals surface area (Å²) in [7, 11) is 1.64. The van der Waals surface area contributed by atoms with E-state index >= 15 is 0 Å². The molecule has 0 saturated heterocycles. The molecule has 0 bridgehead atoms. The second-order valence-electron chi connectivity index (χ2n) is 6.65. The predicted molar refractivity (Wildman–Crippen MR) is 94.2 cm³/mol. The van der Waals surface area contributed by atoms with Crippen LogP contribution in [0.2, 0.25) is 0 Å². The van der Waals surface area contributed by atoms with Gasteiger partial charge in [0.1, 0.15) is 5.75 Å². The molecule has 0 aliphatic heterocycles. The van der Waals surface area contributed by atoms with Crippen molar-refractivity contribution in [2.45, 2.75) is 57.9 Å². The van der Waals surface area contributed by atoms with Gasteiger partial charge in [0.2, 0.25) is 11.8 Å². The van der Waals surface area contributed by atoms with Gasteiger partial charge in [-0.25, -0.2) is 0 Å². The summed E-state index contributed by atoms with van der Waals surface area (Å²) in [5.41, 5.74) is 1.60. The largest absolute Gasteiger partial charge is 0.496 e. The average Bonchev–Trinajstić information content (AvgIpc) is 3.36. The fraction of sp³-hybridized carbons (Fsp3) is 0.579. The summed E-state index contributed by atoms with van der Waals surface area (Å²) in [6, 6.07) is 6.11. The zero-order valence-corrected chi connectivity index (χ0v) is 15.1. The lowest BCUT2D eigenvalue weighted by Crippen LogP contribution is -2.38.